The van der Waals surface area contributed by atoms with Gasteiger partial charge < -0.3 is 19.1 Å². The molecule has 0 atom stereocenters. The van der Waals surface area contributed by atoms with Crippen molar-refractivity contribution in [2.45, 2.75) is 19.8 Å². The maximum Gasteiger partial charge on any atom is 0.374 e. The predicted octanol–water partition coefficient (Wildman–Crippen LogP) is 2.22. The summed E-state index contributed by atoms with van der Waals surface area (Å²) in [4.78, 5) is 11.0. The zero-order valence-corrected chi connectivity index (χ0v) is 11.4. The minimum absolute atomic E-state index is 0.176. The Labute approximate surface area is 120 Å². The van der Waals surface area contributed by atoms with E-state index in [1.807, 2.05) is 6.92 Å². The molecule has 0 saturated carbocycles. The molecule has 0 saturated heterocycles. The number of carbonyl (C=O) groups is 1. The number of carboxylic acids is 1. The number of benzene rings is 1. The zero-order chi connectivity index (χ0) is 14.6. The maximum atomic E-state index is 11.0. The van der Waals surface area contributed by atoms with Crippen molar-refractivity contribution in [2.24, 2.45) is 0 Å². The topological polar surface area (TPSA) is 81.8 Å². The Kier molecular flexibility index (Phi) is 2.48. The second kappa shape index (κ2) is 4.25. The van der Waals surface area contributed by atoms with Crippen molar-refractivity contribution < 1.29 is 23.9 Å². The van der Waals surface area contributed by atoms with Crippen LogP contribution in [0.25, 0.3) is 11.3 Å². The Morgan fingerprint density at radius 2 is 1.90 bits per heavy atom. The summed E-state index contributed by atoms with van der Waals surface area (Å²) in [6.45, 7) is 3.28. The molecule has 0 radical (unpaired) electrons. The molecule has 0 unspecified atom stereocenters. The summed E-state index contributed by atoms with van der Waals surface area (Å²) in [5.41, 5.74) is 4.56. The number of hydrogen-bond acceptors (Lipinski definition) is 5. The third kappa shape index (κ3) is 1.65. The number of aromatic nitrogens is 1. The van der Waals surface area contributed by atoms with E-state index >= 15 is 0 Å². The summed E-state index contributed by atoms with van der Waals surface area (Å²) in [5.74, 6) is 0.368. The highest BCUT2D eigenvalue weighted by atomic mass is 16.5. The molecular formula is C15H13NO5. The maximum absolute atomic E-state index is 11.0. The summed E-state index contributed by atoms with van der Waals surface area (Å²) < 4.78 is 16.4. The molecule has 4 rings (SSSR count). The number of carboxylic acid groups (broad SMARTS) is 1. The Morgan fingerprint density at radius 1 is 1.19 bits per heavy atom. The summed E-state index contributed by atoms with van der Waals surface area (Å²) in [5, 5.41) is 12.9. The number of ether oxygens (including phenoxy) is 2. The Morgan fingerprint density at radius 3 is 2.62 bits per heavy atom. The normalized spacial score (nSPS) is 15.3. The number of aromatic carboxylic acids is 1. The fourth-order valence-electron chi connectivity index (χ4n) is 3.10. The molecule has 0 fully saturated rings. The molecule has 0 amide bonds. The standard InChI is InChI=1S/C15H13NO5/c1-7-8-2-4-20-14(8)12(9-3-5-19-13(7)9)10-6-11(15(17)18)21-16-10/h6H,2-5H2,1H3,(H,17,18). The van der Waals surface area contributed by atoms with Crippen LogP contribution in [0.15, 0.2) is 10.6 Å². The van der Waals surface area contributed by atoms with Crippen molar-refractivity contribution >= 4 is 5.97 Å². The van der Waals surface area contributed by atoms with E-state index in [0.29, 0.717) is 18.9 Å². The van der Waals surface area contributed by atoms with Crippen molar-refractivity contribution in [1.29, 1.82) is 0 Å². The van der Waals surface area contributed by atoms with Crippen molar-refractivity contribution in [3.8, 4) is 22.8 Å². The molecule has 2 aromatic rings. The average molecular weight is 287 g/mol. The lowest BCUT2D eigenvalue weighted by Crippen LogP contribution is -1.95. The van der Waals surface area contributed by atoms with Crippen molar-refractivity contribution in [3.63, 3.8) is 0 Å². The smallest absolute Gasteiger partial charge is 0.374 e. The lowest BCUT2D eigenvalue weighted by Gasteiger charge is -2.13. The van der Waals surface area contributed by atoms with Crippen LogP contribution < -0.4 is 9.47 Å². The van der Waals surface area contributed by atoms with Gasteiger partial charge in [-0.3, -0.25) is 0 Å². The van der Waals surface area contributed by atoms with Crippen molar-refractivity contribution in [3.05, 3.63) is 28.5 Å². The largest absolute Gasteiger partial charge is 0.493 e. The summed E-state index contributed by atoms with van der Waals surface area (Å²) in [7, 11) is 0. The van der Waals surface area contributed by atoms with Gasteiger partial charge in [0.2, 0.25) is 5.76 Å². The van der Waals surface area contributed by atoms with E-state index in [1.165, 1.54) is 6.07 Å². The fraction of sp³-hybridized carbons (Fsp3) is 0.333. The van der Waals surface area contributed by atoms with Gasteiger partial charge in [-0.15, -0.1) is 0 Å². The first-order chi connectivity index (χ1) is 10.2. The lowest BCUT2D eigenvalue weighted by molar-refractivity contribution is 0.0652. The first-order valence-corrected chi connectivity index (χ1v) is 6.81. The Balaban J connectivity index is 1.98. The molecule has 1 aromatic heterocycles. The average Bonchev–Trinajstić information content (AvgIpc) is 3.19. The van der Waals surface area contributed by atoms with Crippen LogP contribution in [-0.4, -0.2) is 29.4 Å². The van der Waals surface area contributed by atoms with E-state index < -0.39 is 5.97 Å². The molecule has 6 nitrogen and oxygen atoms in total. The molecule has 1 aromatic carbocycles. The van der Waals surface area contributed by atoms with Gasteiger partial charge in [-0.25, -0.2) is 4.79 Å². The van der Waals surface area contributed by atoms with Crippen LogP contribution >= 0.6 is 0 Å². The molecule has 0 spiro atoms. The van der Waals surface area contributed by atoms with Crippen LogP contribution in [0.5, 0.6) is 11.5 Å². The van der Waals surface area contributed by atoms with E-state index in [1.54, 1.807) is 0 Å². The van der Waals surface area contributed by atoms with E-state index in [-0.39, 0.29) is 5.76 Å². The van der Waals surface area contributed by atoms with Gasteiger partial charge in [-0.2, -0.15) is 0 Å². The highest BCUT2D eigenvalue weighted by Gasteiger charge is 2.32. The monoisotopic (exact) mass is 287 g/mol. The molecule has 2 aliphatic rings. The molecule has 21 heavy (non-hydrogen) atoms. The second-order valence-corrected chi connectivity index (χ2v) is 5.19. The third-order valence-corrected chi connectivity index (χ3v) is 4.04. The summed E-state index contributed by atoms with van der Waals surface area (Å²) in [6, 6.07) is 1.44. The Bertz CT molecular complexity index is 727. The van der Waals surface area contributed by atoms with Crippen molar-refractivity contribution in [2.75, 3.05) is 13.2 Å². The van der Waals surface area contributed by atoms with Crippen LogP contribution in [-0.2, 0) is 12.8 Å². The van der Waals surface area contributed by atoms with Crippen LogP contribution in [0.4, 0.5) is 0 Å². The fourth-order valence-corrected chi connectivity index (χ4v) is 3.10. The van der Waals surface area contributed by atoms with Crippen molar-refractivity contribution in [1.82, 2.24) is 5.16 Å². The van der Waals surface area contributed by atoms with Gasteiger partial charge in [0.05, 0.1) is 18.8 Å². The van der Waals surface area contributed by atoms with Crippen LogP contribution in [0.2, 0.25) is 0 Å². The highest BCUT2D eigenvalue weighted by molar-refractivity contribution is 5.87. The van der Waals surface area contributed by atoms with Crippen LogP contribution in [0.1, 0.15) is 27.2 Å². The molecule has 1 N–H and O–H groups in total. The van der Waals surface area contributed by atoms with Gasteiger partial charge in [-0.1, -0.05) is 5.16 Å². The third-order valence-electron chi connectivity index (χ3n) is 4.04. The minimum atomic E-state index is -1.13. The number of hydrogen-bond donors (Lipinski definition) is 1. The quantitative estimate of drug-likeness (QED) is 0.912. The number of fused-ring (bicyclic) bond motifs is 2. The van der Waals surface area contributed by atoms with Crippen LogP contribution in [0, 0.1) is 6.92 Å². The predicted molar refractivity (Wildman–Crippen MR) is 72.0 cm³/mol. The number of rotatable bonds is 2. The molecule has 0 bridgehead atoms. The Hall–Kier alpha value is -2.50. The van der Waals surface area contributed by atoms with Gasteiger partial charge in [-0.05, 0) is 12.5 Å². The van der Waals surface area contributed by atoms with E-state index in [9.17, 15) is 4.79 Å². The highest BCUT2D eigenvalue weighted by Crippen LogP contribution is 2.48. The molecule has 3 heterocycles. The van der Waals surface area contributed by atoms with Gasteiger partial charge in [0.15, 0.2) is 0 Å². The molecule has 2 aliphatic heterocycles. The van der Waals surface area contributed by atoms with Crippen LogP contribution in [0.3, 0.4) is 0 Å². The number of nitrogens with zero attached hydrogens (tertiary/aromatic N) is 1. The minimum Gasteiger partial charge on any atom is -0.493 e. The zero-order valence-electron chi connectivity index (χ0n) is 11.4. The molecule has 6 heteroatoms. The van der Waals surface area contributed by atoms with E-state index in [2.05, 4.69) is 5.16 Å². The van der Waals surface area contributed by atoms with Gasteiger partial charge in [0.25, 0.3) is 0 Å². The first kappa shape index (κ1) is 12.3. The van der Waals surface area contributed by atoms with E-state index in [0.717, 1.165) is 46.6 Å². The van der Waals surface area contributed by atoms with E-state index in [4.69, 9.17) is 19.1 Å². The first-order valence-electron chi connectivity index (χ1n) is 6.81. The summed E-state index contributed by atoms with van der Waals surface area (Å²) in [6.07, 6.45) is 1.59. The SMILES string of the molecule is Cc1c2c(c(-c3cc(C(=O)O)on3)c3c1OCC3)OCC2. The molecule has 0 aliphatic carbocycles. The van der Waals surface area contributed by atoms with Gasteiger partial charge in [0, 0.05) is 30.0 Å². The molecule has 108 valence electrons. The van der Waals surface area contributed by atoms with Gasteiger partial charge in [0.1, 0.15) is 17.2 Å². The van der Waals surface area contributed by atoms with Gasteiger partial charge >= 0.3 is 5.97 Å². The summed E-state index contributed by atoms with van der Waals surface area (Å²) >= 11 is 0. The molecular weight excluding hydrogens is 274 g/mol. The lowest BCUT2D eigenvalue weighted by atomic mass is 9.93. The second-order valence-electron chi connectivity index (χ2n) is 5.19.